The number of aryl methyl sites for hydroxylation is 1. The maximum atomic E-state index is 9.34. The molecule has 0 bridgehead atoms. The molecule has 0 unspecified atom stereocenters. The number of aliphatic hydroxyl groups excluding tert-OH is 1. The minimum Gasteiger partial charge on any atom is -0.398 e. The van der Waals surface area contributed by atoms with E-state index in [1.165, 1.54) is 0 Å². The molecule has 0 saturated heterocycles. The number of anilines is 1. The zero-order valence-corrected chi connectivity index (χ0v) is 9.05. The summed E-state index contributed by atoms with van der Waals surface area (Å²) >= 11 is 5.97. The number of nitrogens with two attached hydrogens (primary N) is 2. The lowest BCUT2D eigenvalue weighted by Gasteiger charge is -2.17. The minimum atomic E-state index is -0.629. The van der Waals surface area contributed by atoms with E-state index >= 15 is 0 Å². The molecule has 1 aromatic rings. The molecule has 4 heteroatoms. The maximum Gasteiger partial charge on any atom is 0.0705 e. The number of aliphatic hydroxyl groups is 1. The van der Waals surface area contributed by atoms with Gasteiger partial charge in [0.1, 0.15) is 0 Å². The van der Waals surface area contributed by atoms with E-state index in [9.17, 15) is 5.11 Å². The van der Waals surface area contributed by atoms with Crippen LogP contribution in [0, 0.1) is 6.92 Å². The molecule has 0 fully saturated rings. The molecular weight excluding hydrogens is 200 g/mol. The number of hydrogen-bond acceptors (Lipinski definition) is 3. The normalized spacial score (nSPS) is 15.2. The first kappa shape index (κ1) is 11.3. The first-order chi connectivity index (χ1) is 6.43. The number of halogens is 1. The molecule has 0 spiro atoms. The van der Waals surface area contributed by atoms with Crippen LogP contribution >= 0.6 is 11.6 Å². The highest BCUT2D eigenvalue weighted by Gasteiger charge is 2.16. The molecule has 3 nitrogen and oxygen atoms in total. The van der Waals surface area contributed by atoms with Gasteiger partial charge in [-0.1, -0.05) is 17.7 Å². The van der Waals surface area contributed by atoms with E-state index in [2.05, 4.69) is 0 Å². The van der Waals surface area contributed by atoms with Crippen molar-refractivity contribution in [2.45, 2.75) is 26.0 Å². The van der Waals surface area contributed by atoms with Crippen molar-refractivity contribution in [1.29, 1.82) is 0 Å². The fraction of sp³-hybridized carbons (Fsp3) is 0.400. The van der Waals surface area contributed by atoms with Crippen LogP contribution in [0.2, 0.25) is 5.02 Å². The topological polar surface area (TPSA) is 72.3 Å². The smallest absolute Gasteiger partial charge is 0.0705 e. The van der Waals surface area contributed by atoms with Gasteiger partial charge in [-0.3, -0.25) is 0 Å². The number of benzene rings is 1. The maximum absolute atomic E-state index is 9.34. The zero-order valence-electron chi connectivity index (χ0n) is 8.29. The zero-order chi connectivity index (χ0) is 10.9. The van der Waals surface area contributed by atoms with Gasteiger partial charge < -0.3 is 16.6 Å². The number of hydrogen-bond donors (Lipinski definition) is 3. The fourth-order valence-electron chi connectivity index (χ4n) is 1.23. The van der Waals surface area contributed by atoms with E-state index in [-0.39, 0.29) is 0 Å². The minimum absolute atomic E-state index is 0.471. The van der Waals surface area contributed by atoms with Crippen molar-refractivity contribution in [3.63, 3.8) is 0 Å². The summed E-state index contributed by atoms with van der Waals surface area (Å²) in [6.45, 7) is 3.51. The molecule has 14 heavy (non-hydrogen) atoms. The van der Waals surface area contributed by atoms with Crippen molar-refractivity contribution in [3.8, 4) is 0 Å². The molecule has 1 rings (SSSR count). The van der Waals surface area contributed by atoms with Crippen molar-refractivity contribution in [3.05, 3.63) is 28.3 Å². The Hall–Kier alpha value is -0.770. The lowest BCUT2D eigenvalue weighted by Crippen LogP contribution is -2.23. The average molecular weight is 215 g/mol. The highest BCUT2D eigenvalue weighted by molar-refractivity contribution is 6.31. The van der Waals surface area contributed by atoms with Crippen LogP contribution in [0.3, 0.4) is 0 Å². The standard InChI is InChI=1S/C10H15ClN2O/c1-5-3-7(10(13)6(2)14)8(11)4-9(5)12/h3-4,6,10,14H,12-13H2,1-2H3/t6-,10-/m1/s1. The Balaban J connectivity index is 3.15. The molecule has 5 N–H and O–H groups in total. The molecule has 1 aromatic carbocycles. The van der Waals surface area contributed by atoms with Gasteiger partial charge in [-0.2, -0.15) is 0 Å². The average Bonchev–Trinajstić information content (AvgIpc) is 2.10. The van der Waals surface area contributed by atoms with Gasteiger partial charge in [0, 0.05) is 10.7 Å². The molecule has 78 valence electrons. The summed E-state index contributed by atoms with van der Waals surface area (Å²) in [5.74, 6) is 0. The van der Waals surface area contributed by atoms with Crippen LogP contribution in [-0.4, -0.2) is 11.2 Å². The first-order valence-electron chi connectivity index (χ1n) is 4.42. The summed E-state index contributed by atoms with van der Waals surface area (Å²) in [6.07, 6.45) is -0.629. The van der Waals surface area contributed by atoms with Crippen LogP contribution in [0.1, 0.15) is 24.1 Å². The van der Waals surface area contributed by atoms with Crippen molar-refractivity contribution in [2.75, 3.05) is 5.73 Å². The van der Waals surface area contributed by atoms with Gasteiger partial charge >= 0.3 is 0 Å². The molecule has 0 aliphatic rings. The molecule has 0 heterocycles. The van der Waals surface area contributed by atoms with Gasteiger partial charge in [-0.25, -0.2) is 0 Å². The summed E-state index contributed by atoms with van der Waals surface area (Å²) in [4.78, 5) is 0. The second-order valence-corrected chi connectivity index (χ2v) is 3.90. The highest BCUT2D eigenvalue weighted by atomic mass is 35.5. The van der Waals surface area contributed by atoms with Crippen molar-refractivity contribution in [1.82, 2.24) is 0 Å². The van der Waals surface area contributed by atoms with Crippen LogP contribution in [0.5, 0.6) is 0 Å². The van der Waals surface area contributed by atoms with E-state index in [1.54, 1.807) is 13.0 Å². The predicted octanol–water partition coefficient (Wildman–Crippen LogP) is 1.61. The highest BCUT2D eigenvalue weighted by Crippen LogP contribution is 2.28. The lowest BCUT2D eigenvalue weighted by molar-refractivity contribution is 0.164. The molecule has 0 aliphatic heterocycles. The fourth-order valence-corrected chi connectivity index (χ4v) is 1.53. The molecule has 2 atom stereocenters. The Labute approximate surface area is 88.7 Å². The monoisotopic (exact) mass is 214 g/mol. The van der Waals surface area contributed by atoms with E-state index in [0.717, 1.165) is 11.1 Å². The first-order valence-corrected chi connectivity index (χ1v) is 4.80. The van der Waals surface area contributed by atoms with Gasteiger partial charge in [0.05, 0.1) is 12.1 Å². The third kappa shape index (κ3) is 2.18. The predicted molar refractivity (Wildman–Crippen MR) is 59.2 cm³/mol. The third-order valence-electron chi connectivity index (χ3n) is 2.26. The van der Waals surface area contributed by atoms with E-state index in [0.29, 0.717) is 10.7 Å². The number of nitrogen functional groups attached to an aromatic ring is 1. The molecule has 0 aliphatic carbocycles. The molecule has 0 radical (unpaired) electrons. The van der Waals surface area contributed by atoms with Gasteiger partial charge in [0.2, 0.25) is 0 Å². The molecule has 0 amide bonds. The van der Waals surface area contributed by atoms with Gasteiger partial charge in [0.25, 0.3) is 0 Å². The van der Waals surface area contributed by atoms with Crippen LogP contribution < -0.4 is 11.5 Å². The summed E-state index contributed by atoms with van der Waals surface area (Å²) in [5, 5.41) is 9.85. The summed E-state index contributed by atoms with van der Waals surface area (Å²) in [7, 11) is 0. The quantitative estimate of drug-likeness (QED) is 0.655. The largest absolute Gasteiger partial charge is 0.398 e. The third-order valence-corrected chi connectivity index (χ3v) is 2.59. The van der Waals surface area contributed by atoms with Crippen molar-refractivity contribution >= 4 is 17.3 Å². The Morgan fingerprint density at radius 1 is 1.43 bits per heavy atom. The summed E-state index contributed by atoms with van der Waals surface area (Å²) < 4.78 is 0. The van der Waals surface area contributed by atoms with Gasteiger partial charge in [-0.15, -0.1) is 0 Å². The second kappa shape index (κ2) is 4.17. The van der Waals surface area contributed by atoms with Crippen LogP contribution in [0.25, 0.3) is 0 Å². The van der Waals surface area contributed by atoms with E-state index in [4.69, 9.17) is 23.1 Å². The Morgan fingerprint density at radius 2 is 2.00 bits per heavy atom. The number of rotatable bonds is 2. The second-order valence-electron chi connectivity index (χ2n) is 3.50. The SMILES string of the molecule is Cc1cc([C@H](N)[C@@H](C)O)c(Cl)cc1N. The van der Waals surface area contributed by atoms with Gasteiger partial charge in [0.15, 0.2) is 0 Å². The summed E-state index contributed by atoms with van der Waals surface area (Å²) in [6, 6.07) is 3.01. The van der Waals surface area contributed by atoms with Crippen LogP contribution in [0.4, 0.5) is 5.69 Å². The molecule has 0 saturated carbocycles. The Bertz CT molecular complexity index is 339. The molecule has 0 aromatic heterocycles. The Kier molecular flexibility index (Phi) is 3.37. The van der Waals surface area contributed by atoms with Crippen molar-refractivity contribution in [2.24, 2.45) is 5.73 Å². The molecular formula is C10H15ClN2O. The van der Waals surface area contributed by atoms with Crippen LogP contribution in [-0.2, 0) is 0 Å². The lowest BCUT2D eigenvalue weighted by atomic mass is 10.0. The van der Waals surface area contributed by atoms with Crippen LogP contribution in [0.15, 0.2) is 12.1 Å². The van der Waals surface area contributed by atoms with Gasteiger partial charge in [-0.05, 0) is 31.0 Å². The van der Waals surface area contributed by atoms with Crippen molar-refractivity contribution < 1.29 is 5.11 Å². The Morgan fingerprint density at radius 3 is 2.50 bits per heavy atom. The van der Waals surface area contributed by atoms with E-state index < -0.39 is 12.1 Å². The summed E-state index contributed by atoms with van der Waals surface area (Å²) in [5.41, 5.74) is 13.7. The van der Waals surface area contributed by atoms with E-state index in [1.807, 2.05) is 13.0 Å².